The second-order valence-corrected chi connectivity index (χ2v) is 8.25. The van der Waals surface area contributed by atoms with Crippen LogP contribution in [0.15, 0.2) is 45.8 Å². The normalized spacial score (nSPS) is 12.7. The van der Waals surface area contributed by atoms with Gasteiger partial charge in [0, 0.05) is 17.0 Å². The first kappa shape index (κ1) is 22.7. The number of ether oxygens (including phenoxy) is 2. The number of nitrogens with zero attached hydrogens (tertiary/aromatic N) is 1. The first-order valence-corrected chi connectivity index (χ1v) is 11.3. The molecular weight excluding hydrogens is 414 g/mol. The Morgan fingerprint density at radius 2 is 1.81 bits per heavy atom. The Morgan fingerprint density at radius 1 is 1.10 bits per heavy atom. The van der Waals surface area contributed by atoms with Crippen molar-refractivity contribution in [2.45, 2.75) is 26.3 Å². The molecule has 0 aliphatic heterocycles. The molecule has 6 nitrogen and oxygen atoms in total. The average molecular weight is 442 g/mol. The summed E-state index contributed by atoms with van der Waals surface area (Å²) in [6.07, 6.45) is 2.41. The molecule has 0 bridgehead atoms. The summed E-state index contributed by atoms with van der Waals surface area (Å²) in [7, 11) is 3.16. The smallest absolute Gasteiger partial charge is 0.328 e. The van der Waals surface area contributed by atoms with Crippen molar-refractivity contribution in [1.82, 2.24) is 0 Å². The van der Waals surface area contributed by atoms with Gasteiger partial charge in [0.2, 0.25) is 0 Å². The third kappa shape index (κ3) is 5.05. The number of hydrogen-bond donors (Lipinski definition) is 1. The van der Waals surface area contributed by atoms with Crippen LogP contribution < -0.4 is 14.8 Å². The molecule has 3 aromatic rings. The second-order valence-electron chi connectivity index (χ2n) is 7.26. The zero-order valence-electron chi connectivity index (χ0n) is 18.4. The van der Waals surface area contributed by atoms with Gasteiger partial charge in [-0.1, -0.05) is 0 Å². The van der Waals surface area contributed by atoms with Gasteiger partial charge in [0.1, 0.15) is 17.4 Å². The summed E-state index contributed by atoms with van der Waals surface area (Å²) in [6.45, 7) is 4.03. The topological polar surface area (TPSA) is 81.3 Å². The van der Waals surface area contributed by atoms with Gasteiger partial charge in [-0.2, -0.15) is 11.8 Å². The molecule has 0 spiro atoms. The highest BCUT2D eigenvalue weighted by molar-refractivity contribution is 7.98. The van der Waals surface area contributed by atoms with Crippen molar-refractivity contribution in [2.75, 3.05) is 26.2 Å². The highest BCUT2D eigenvalue weighted by atomic mass is 32.2. The van der Waals surface area contributed by atoms with Crippen LogP contribution in [0.3, 0.4) is 0 Å². The summed E-state index contributed by atoms with van der Waals surface area (Å²) in [4.78, 5) is 16.4. The predicted octanol–water partition coefficient (Wildman–Crippen LogP) is 4.84. The molecule has 1 heterocycles. The van der Waals surface area contributed by atoms with Gasteiger partial charge in [0.25, 0.3) is 0 Å². The van der Waals surface area contributed by atoms with Crippen LogP contribution in [-0.4, -0.2) is 43.3 Å². The quantitative estimate of drug-likeness (QED) is 0.539. The summed E-state index contributed by atoms with van der Waals surface area (Å²) in [5.74, 6) is 1.56. The third-order valence-corrected chi connectivity index (χ3v) is 5.85. The molecule has 0 unspecified atom stereocenters. The number of hydrogen-bond acceptors (Lipinski definition) is 6. The fraction of sp³-hybridized carbons (Fsp3) is 0.333. The van der Waals surface area contributed by atoms with Gasteiger partial charge in [-0.05, 0) is 73.7 Å². The largest absolute Gasteiger partial charge is 0.493 e. The highest BCUT2D eigenvalue weighted by Gasteiger charge is 2.17. The van der Waals surface area contributed by atoms with E-state index in [0.717, 1.165) is 27.8 Å². The van der Waals surface area contributed by atoms with Crippen LogP contribution in [0.2, 0.25) is 0 Å². The number of fused-ring (bicyclic) bond motifs is 1. The Bertz CT molecular complexity index is 1170. The minimum Gasteiger partial charge on any atom is -0.493 e. The van der Waals surface area contributed by atoms with E-state index in [-0.39, 0.29) is 0 Å². The predicted molar refractivity (Wildman–Crippen MR) is 124 cm³/mol. The Hall–Kier alpha value is -2.93. The van der Waals surface area contributed by atoms with Crippen LogP contribution in [-0.2, 0) is 4.79 Å². The Balaban J connectivity index is 2.26. The van der Waals surface area contributed by atoms with Crippen molar-refractivity contribution in [3.05, 3.63) is 52.9 Å². The fourth-order valence-electron chi connectivity index (χ4n) is 3.30. The lowest BCUT2D eigenvalue weighted by atomic mass is 10.0. The Morgan fingerprint density at radius 3 is 2.45 bits per heavy atom. The van der Waals surface area contributed by atoms with Gasteiger partial charge in [-0.3, -0.25) is 4.99 Å². The summed E-state index contributed by atoms with van der Waals surface area (Å²) in [6, 6.07) is 10.5. The van der Waals surface area contributed by atoms with Crippen molar-refractivity contribution < 1.29 is 23.8 Å². The van der Waals surface area contributed by atoms with Gasteiger partial charge < -0.3 is 19.0 Å². The average Bonchev–Trinajstić information content (AvgIpc) is 2.76. The molecule has 1 atom stereocenters. The molecule has 31 heavy (non-hydrogen) atoms. The maximum Gasteiger partial charge on any atom is 0.328 e. The number of aliphatic carboxylic acids is 1. The molecular formula is C24H27NO5S. The molecule has 164 valence electrons. The lowest BCUT2D eigenvalue weighted by Gasteiger charge is -2.12. The monoisotopic (exact) mass is 441 g/mol. The van der Waals surface area contributed by atoms with E-state index in [9.17, 15) is 9.90 Å². The standard InChI is InChI=1S/C24H27NO5S/c1-14-10-17-19(25-18(24(26)27)8-9-31-5)13-21(30-22(17)11-15(14)2)16-6-7-20(28-3)23(12-16)29-4/h6-7,10-13,18H,8-9H2,1-5H3,(H,26,27)/t18-/m1/s1. The van der Waals surface area contributed by atoms with E-state index in [2.05, 4.69) is 4.99 Å². The lowest BCUT2D eigenvalue weighted by molar-refractivity contribution is -0.138. The Kier molecular flexibility index (Phi) is 7.28. The molecule has 1 aromatic heterocycles. The first-order chi connectivity index (χ1) is 14.9. The molecule has 0 radical (unpaired) electrons. The number of aryl methyl sites for hydroxylation is 2. The van der Waals surface area contributed by atoms with E-state index in [0.29, 0.717) is 34.6 Å². The molecule has 0 saturated heterocycles. The van der Waals surface area contributed by atoms with E-state index in [4.69, 9.17) is 13.9 Å². The Labute approximate surface area is 185 Å². The van der Waals surface area contributed by atoms with Crippen LogP contribution >= 0.6 is 11.8 Å². The summed E-state index contributed by atoms with van der Waals surface area (Å²) >= 11 is 1.61. The fourth-order valence-corrected chi connectivity index (χ4v) is 3.76. The van der Waals surface area contributed by atoms with Gasteiger partial charge >= 0.3 is 5.97 Å². The zero-order chi connectivity index (χ0) is 22.5. The number of thioether (sulfide) groups is 1. The van der Waals surface area contributed by atoms with Gasteiger partial charge in [0.05, 0.1) is 19.6 Å². The van der Waals surface area contributed by atoms with Crippen molar-refractivity contribution in [3.63, 3.8) is 0 Å². The minimum atomic E-state index is -0.931. The number of carboxylic acids is 1. The van der Waals surface area contributed by atoms with E-state index in [1.165, 1.54) is 0 Å². The molecule has 0 aliphatic carbocycles. The van der Waals surface area contributed by atoms with Crippen LogP contribution in [0.5, 0.6) is 11.5 Å². The molecule has 0 aliphatic rings. The van der Waals surface area contributed by atoms with Crippen LogP contribution in [0.1, 0.15) is 17.5 Å². The summed E-state index contributed by atoms with van der Waals surface area (Å²) < 4.78 is 17.0. The maximum absolute atomic E-state index is 11.8. The second kappa shape index (κ2) is 9.92. The SMILES string of the molecule is COc1ccc(-c2cc(=N[C@H](CCSC)C(=O)O)c3cc(C)c(C)cc3o2)cc1OC. The molecule has 0 fully saturated rings. The van der Waals surface area contributed by atoms with Crippen molar-refractivity contribution in [3.8, 4) is 22.8 Å². The zero-order valence-corrected chi connectivity index (χ0v) is 19.2. The molecule has 2 aromatic carbocycles. The van der Waals surface area contributed by atoms with Crippen LogP contribution in [0.4, 0.5) is 0 Å². The minimum absolute atomic E-state index is 0.459. The summed E-state index contributed by atoms with van der Waals surface area (Å²) in [5, 5.41) is 11.1. The van der Waals surface area contributed by atoms with Crippen molar-refractivity contribution >= 4 is 28.7 Å². The maximum atomic E-state index is 11.8. The van der Waals surface area contributed by atoms with E-state index >= 15 is 0 Å². The number of benzene rings is 2. The van der Waals surface area contributed by atoms with E-state index in [1.807, 2.05) is 50.4 Å². The van der Waals surface area contributed by atoms with E-state index in [1.54, 1.807) is 32.0 Å². The first-order valence-electron chi connectivity index (χ1n) is 9.91. The van der Waals surface area contributed by atoms with Crippen molar-refractivity contribution in [2.24, 2.45) is 4.99 Å². The number of carbonyl (C=O) groups is 1. The molecule has 7 heteroatoms. The highest BCUT2D eigenvalue weighted by Crippen LogP contribution is 2.33. The van der Waals surface area contributed by atoms with E-state index < -0.39 is 12.0 Å². The number of rotatable bonds is 8. The van der Waals surface area contributed by atoms with Crippen LogP contribution in [0.25, 0.3) is 22.3 Å². The van der Waals surface area contributed by atoms with Crippen LogP contribution in [0, 0.1) is 13.8 Å². The number of methoxy groups -OCH3 is 2. The molecule has 1 N–H and O–H groups in total. The molecule has 0 amide bonds. The van der Waals surface area contributed by atoms with Gasteiger partial charge in [0.15, 0.2) is 11.5 Å². The summed E-state index contributed by atoms with van der Waals surface area (Å²) in [5.41, 5.74) is 3.62. The lowest BCUT2D eigenvalue weighted by Crippen LogP contribution is -2.22. The van der Waals surface area contributed by atoms with Gasteiger partial charge in [-0.15, -0.1) is 0 Å². The number of carboxylic acid groups (broad SMARTS) is 1. The van der Waals surface area contributed by atoms with Gasteiger partial charge in [-0.25, -0.2) is 4.79 Å². The van der Waals surface area contributed by atoms with Crippen molar-refractivity contribution in [1.29, 1.82) is 0 Å². The molecule has 3 rings (SSSR count). The third-order valence-electron chi connectivity index (χ3n) is 5.20. The molecule has 0 saturated carbocycles.